The molecule has 0 aromatic carbocycles. The Hall–Kier alpha value is -1.88. The number of aliphatic hydroxyl groups is 1. The first-order valence-electron chi connectivity index (χ1n) is 13.4. The van der Waals surface area contributed by atoms with Crippen LogP contribution in [-0.2, 0) is 23.9 Å². The fraction of sp³-hybridized carbons (Fsp3) is 0.741. The van der Waals surface area contributed by atoms with E-state index in [2.05, 4.69) is 18.1 Å². The Bertz CT molecular complexity index is 895. The molecule has 0 saturated carbocycles. The topological polar surface area (TPSA) is 99.6 Å². The first-order chi connectivity index (χ1) is 17.8. The Labute approximate surface area is 224 Å². The van der Waals surface area contributed by atoms with Crippen LogP contribution in [0.5, 0.6) is 0 Å². The first kappa shape index (κ1) is 28.1. The Morgan fingerprint density at radius 2 is 1.97 bits per heavy atom. The smallest absolute Gasteiger partial charge is 0.311 e. The van der Waals surface area contributed by atoms with Crippen molar-refractivity contribution in [2.75, 3.05) is 65.7 Å². The third-order valence-electron chi connectivity index (χ3n) is 8.37. The highest BCUT2D eigenvalue weighted by atomic mass is 32.2. The van der Waals surface area contributed by atoms with Crippen LogP contribution in [0.25, 0.3) is 0 Å². The lowest BCUT2D eigenvalue weighted by Crippen LogP contribution is -2.56. The number of morpholine rings is 1. The minimum absolute atomic E-state index is 0.0285. The van der Waals surface area contributed by atoms with Gasteiger partial charge in [-0.1, -0.05) is 18.7 Å². The van der Waals surface area contributed by atoms with Crippen LogP contribution < -0.4 is 0 Å². The van der Waals surface area contributed by atoms with Crippen molar-refractivity contribution in [3.63, 3.8) is 0 Å². The van der Waals surface area contributed by atoms with E-state index in [9.17, 15) is 19.5 Å². The first-order valence-corrected chi connectivity index (χ1v) is 14.2. The van der Waals surface area contributed by atoms with Gasteiger partial charge in [-0.3, -0.25) is 19.3 Å². The van der Waals surface area contributed by atoms with Gasteiger partial charge in [0.15, 0.2) is 0 Å². The number of unbranched alkanes of at least 4 members (excludes halogenated alkanes) is 1. The summed E-state index contributed by atoms with van der Waals surface area (Å²) >= 11 is 1.65. The average molecular weight is 536 g/mol. The van der Waals surface area contributed by atoms with Crippen LogP contribution in [0, 0.1) is 11.8 Å². The summed E-state index contributed by atoms with van der Waals surface area (Å²) in [6.07, 6.45) is 5.85. The third kappa shape index (κ3) is 5.22. The monoisotopic (exact) mass is 535 g/mol. The van der Waals surface area contributed by atoms with Crippen molar-refractivity contribution < 1.29 is 29.0 Å². The Morgan fingerprint density at radius 1 is 1.22 bits per heavy atom. The zero-order valence-electron chi connectivity index (χ0n) is 21.9. The van der Waals surface area contributed by atoms with Crippen LogP contribution in [0.3, 0.4) is 0 Å². The van der Waals surface area contributed by atoms with E-state index in [0.717, 1.165) is 26.1 Å². The number of aliphatic hydroxyl groups excluding tert-OH is 1. The number of rotatable bonds is 13. The number of hydrogen-bond donors (Lipinski definition) is 1. The number of likely N-dealkylation sites (tertiary alicyclic amines) is 1. The van der Waals surface area contributed by atoms with E-state index in [0.29, 0.717) is 52.1 Å². The molecule has 2 bridgehead atoms. The molecule has 1 spiro atoms. The zero-order valence-corrected chi connectivity index (χ0v) is 22.8. The lowest BCUT2D eigenvalue weighted by Gasteiger charge is -2.38. The fourth-order valence-electron chi connectivity index (χ4n) is 6.64. The zero-order chi connectivity index (χ0) is 26.6. The fourth-order valence-corrected chi connectivity index (χ4v) is 8.97. The molecule has 4 aliphatic heterocycles. The average Bonchev–Trinajstić information content (AvgIpc) is 3.46. The predicted molar refractivity (Wildman–Crippen MR) is 142 cm³/mol. The molecule has 37 heavy (non-hydrogen) atoms. The minimum Gasteiger partial charge on any atom is -0.461 e. The number of ether oxygens (including phenoxy) is 2. The number of thioether (sulfide) groups is 1. The van der Waals surface area contributed by atoms with Gasteiger partial charge in [0, 0.05) is 50.6 Å². The summed E-state index contributed by atoms with van der Waals surface area (Å²) in [7, 11) is 0. The standard InChI is InChI=1S/C27H41N3O6S/c1-4-10-29(13-12-28-14-18-35-19-15-28)24(33)22-27-9-8-26(3,37-27)21(25(34)36-17-5-2)20(27)23(32)30(22)11-6-7-16-31/h4-5,20-22,31H,1-2,6-19H2,3H3/t20-,21-,22?,26+,27?/m0/s1. The molecule has 4 aliphatic rings. The molecule has 4 rings (SSSR count). The SMILES string of the molecule is C=CCOC(=O)[C@@H]1[C@H]2C(=O)N(CCCCO)C(C(=O)N(CC=C)CCN3CCOCC3)C23CC[C@@]1(C)S3. The number of hydrogen-bond acceptors (Lipinski definition) is 8. The van der Waals surface area contributed by atoms with Gasteiger partial charge in [0.25, 0.3) is 0 Å². The van der Waals surface area contributed by atoms with E-state index in [1.807, 2.05) is 11.8 Å². The second kappa shape index (κ2) is 11.9. The Kier molecular flexibility index (Phi) is 9.04. The number of esters is 1. The Balaban J connectivity index is 1.63. The van der Waals surface area contributed by atoms with Gasteiger partial charge >= 0.3 is 5.97 Å². The van der Waals surface area contributed by atoms with Crippen LogP contribution in [0.2, 0.25) is 0 Å². The van der Waals surface area contributed by atoms with Crippen LogP contribution in [0.4, 0.5) is 0 Å². The van der Waals surface area contributed by atoms with E-state index in [4.69, 9.17) is 9.47 Å². The summed E-state index contributed by atoms with van der Waals surface area (Å²) in [6, 6.07) is -0.655. The van der Waals surface area contributed by atoms with Gasteiger partial charge in [0.1, 0.15) is 12.6 Å². The molecule has 4 heterocycles. The van der Waals surface area contributed by atoms with E-state index in [-0.39, 0.29) is 31.0 Å². The molecule has 5 atom stereocenters. The highest BCUT2D eigenvalue weighted by Gasteiger charge is 2.77. The van der Waals surface area contributed by atoms with E-state index in [1.54, 1.807) is 22.7 Å². The molecule has 4 saturated heterocycles. The molecule has 9 nitrogen and oxygen atoms in total. The normalized spacial score (nSPS) is 32.9. The van der Waals surface area contributed by atoms with Gasteiger partial charge in [0.2, 0.25) is 11.8 Å². The molecule has 2 amide bonds. The number of carbonyl (C=O) groups excluding carboxylic acids is 3. The van der Waals surface area contributed by atoms with Gasteiger partial charge in [-0.15, -0.1) is 18.3 Å². The van der Waals surface area contributed by atoms with Crippen LogP contribution in [0.1, 0.15) is 32.6 Å². The summed E-state index contributed by atoms with van der Waals surface area (Å²) in [6.45, 7) is 14.8. The van der Waals surface area contributed by atoms with Crippen molar-refractivity contribution in [2.45, 2.75) is 48.1 Å². The second-order valence-corrected chi connectivity index (χ2v) is 12.5. The quantitative estimate of drug-likeness (QED) is 0.214. The maximum atomic E-state index is 14.3. The van der Waals surface area contributed by atoms with Crippen LogP contribution in [0.15, 0.2) is 25.3 Å². The van der Waals surface area contributed by atoms with Crippen molar-refractivity contribution in [3.8, 4) is 0 Å². The molecule has 206 valence electrons. The highest BCUT2D eigenvalue weighted by molar-refractivity contribution is 8.02. The second-order valence-electron chi connectivity index (χ2n) is 10.6. The largest absolute Gasteiger partial charge is 0.461 e. The molecule has 0 aliphatic carbocycles. The van der Waals surface area contributed by atoms with Crippen LogP contribution in [-0.4, -0.2) is 119 Å². The summed E-state index contributed by atoms with van der Waals surface area (Å²) in [5.74, 6) is -1.79. The number of nitrogens with zero attached hydrogens (tertiary/aromatic N) is 3. The van der Waals surface area contributed by atoms with Crippen molar-refractivity contribution in [3.05, 3.63) is 25.3 Å². The van der Waals surface area contributed by atoms with Crippen LogP contribution >= 0.6 is 11.8 Å². The number of amides is 2. The molecule has 4 fully saturated rings. The van der Waals surface area contributed by atoms with Gasteiger partial charge < -0.3 is 24.4 Å². The number of fused-ring (bicyclic) bond motifs is 1. The van der Waals surface area contributed by atoms with Crippen molar-refractivity contribution in [1.82, 2.24) is 14.7 Å². The summed E-state index contributed by atoms with van der Waals surface area (Å²) in [5, 5.41) is 9.35. The third-order valence-corrected chi connectivity index (χ3v) is 10.4. The maximum absolute atomic E-state index is 14.3. The summed E-state index contributed by atoms with van der Waals surface area (Å²) in [5.41, 5.74) is 0. The Morgan fingerprint density at radius 3 is 2.65 bits per heavy atom. The van der Waals surface area contributed by atoms with Gasteiger partial charge in [-0.2, -0.15) is 0 Å². The molecular weight excluding hydrogens is 494 g/mol. The minimum atomic E-state index is -0.668. The predicted octanol–water partition coefficient (Wildman–Crippen LogP) is 1.32. The lowest BCUT2D eigenvalue weighted by molar-refractivity contribution is -0.154. The van der Waals surface area contributed by atoms with Crippen molar-refractivity contribution >= 4 is 29.5 Å². The van der Waals surface area contributed by atoms with Gasteiger partial charge in [-0.25, -0.2) is 0 Å². The van der Waals surface area contributed by atoms with E-state index in [1.165, 1.54) is 6.08 Å². The summed E-state index contributed by atoms with van der Waals surface area (Å²) < 4.78 is 9.80. The summed E-state index contributed by atoms with van der Waals surface area (Å²) in [4.78, 5) is 47.4. The highest BCUT2D eigenvalue weighted by Crippen LogP contribution is 2.71. The molecule has 10 heteroatoms. The van der Waals surface area contributed by atoms with Gasteiger partial charge in [-0.05, 0) is 32.6 Å². The molecule has 0 radical (unpaired) electrons. The molecular formula is C27H41N3O6S. The molecule has 2 unspecified atom stereocenters. The van der Waals surface area contributed by atoms with Crippen molar-refractivity contribution in [1.29, 1.82) is 0 Å². The van der Waals surface area contributed by atoms with E-state index < -0.39 is 27.4 Å². The maximum Gasteiger partial charge on any atom is 0.311 e. The molecule has 0 aromatic rings. The van der Waals surface area contributed by atoms with Crippen molar-refractivity contribution in [2.24, 2.45) is 11.8 Å². The molecule has 0 aromatic heterocycles. The van der Waals surface area contributed by atoms with Gasteiger partial charge in [0.05, 0.1) is 29.8 Å². The lowest BCUT2D eigenvalue weighted by atomic mass is 9.66. The number of carbonyl (C=O) groups is 3. The molecule has 1 N–H and O–H groups in total. The van der Waals surface area contributed by atoms with E-state index >= 15 is 0 Å².